The lowest BCUT2D eigenvalue weighted by Gasteiger charge is -2.11. The number of carbonyl (C=O) groups is 1. The SMILES string of the molecule is Cc1ccc2onc(CC(=O)Nc3ccccc3Oc3ccccc3)c2c1. The van der Waals surface area contributed by atoms with Crippen LogP contribution in [-0.4, -0.2) is 11.1 Å². The highest BCUT2D eigenvalue weighted by atomic mass is 16.5. The molecule has 4 rings (SSSR count). The van der Waals surface area contributed by atoms with Crippen LogP contribution in [0.15, 0.2) is 77.3 Å². The van der Waals surface area contributed by atoms with Gasteiger partial charge >= 0.3 is 0 Å². The normalized spacial score (nSPS) is 10.7. The van der Waals surface area contributed by atoms with Gasteiger partial charge in [0.25, 0.3) is 0 Å². The van der Waals surface area contributed by atoms with Crippen LogP contribution >= 0.6 is 0 Å². The minimum Gasteiger partial charge on any atom is -0.455 e. The summed E-state index contributed by atoms with van der Waals surface area (Å²) in [5.41, 5.74) is 2.99. The number of hydrogen-bond acceptors (Lipinski definition) is 4. The number of nitrogens with one attached hydrogen (secondary N) is 1. The maximum absolute atomic E-state index is 12.6. The standard InChI is InChI=1S/C22H18N2O3/c1-15-11-12-20-17(13-15)19(24-27-20)14-22(25)23-18-9-5-6-10-21(18)26-16-7-3-2-4-8-16/h2-13H,14H2,1H3,(H,23,25). The molecule has 0 bridgehead atoms. The van der Waals surface area contributed by atoms with Crippen LogP contribution in [0.1, 0.15) is 11.3 Å². The zero-order chi connectivity index (χ0) is 18.6. The number of para-hydroxylation sites is 3. The molecule has 0 aliphatic carbocycles. The summed E-state index contributed by atoms with van der Waals surface area (Å²) in [7, 11) is 0. The van der Waals surface area contributed by atoms with Crippen molar-refractivity contribution in [2.45, 2.75) is 13.3 Å². The monoisotopic (exact) mass is 358 g/mol. The summed E-state index contributed by atoms with van der Waals surface area (Å²) in [4.78, 5) is 12.6. The summed E-state index contributed by atoms with van der Waals surface area (Å²) < 4.78 is 11.2. The van der Waals surface area contributed by atoms with Gasteiger partial charge in [0, 0.05) is 5.39 Å². The summed E-state index contributed by atoms with van der Waals surface area (Å²) in [6.07, 6.45) is 0.121. The zero-order valence-electron chi connectivity index (χ0n) is 14.8. The molecule has 0 spiro atoms. The Morgan fingerprint density at radius 2 is 1.81 bits per heavy atom. The van der Waals surface area contributed by atoms with Crippen LogP contribution in [0.25, 0.3) is 11.0 Å². The van der Waals surface area contributed by atoms with E-state index in [0.29, 0.717) is 28.5 Å². The molecule has 0 aliphatic heterocycles. The van der Waals surface area contributed by atoms with E-state index in [-0.39, 0.29) is 12.3 Å². The number of carbonyl (C=O) groups excluding carboxylic acids is 1. The second-order valence-corrected chi connectivity index (χ2v) is 6.27. The average molecular weight is 358 g/mol. The third-order valence-electron chi connectivity index (χ3n) is 4.16. The highest BCUT2D eigenvalue weighted by Crippen LogP contribution is 2.29. The predicted molar refractivity (Wildman–Crippen MR) is 104 cm³/mol. The lowest BCUT2D eigenvalue weighted by atomic mass is 10.1. The number of anilines is 1. The Morgan fingerprint density at radius 1 is 1.04 bits per heavy atom. The van der Waals surface area contributed by atoms with E-state index < -0.39 is 0 Å². The van der Waals surface area contributed by atoms with Gasteiger partial charge in [-0.05, 0) is 43.3 Å². The Labute approximate surface area is 156 Å². The minimum absolute atomic E-state index is 0.121. The molecule has 0 saturated carbocycles. The summed E-state index contributed by atoms with van der Waals surface area (Å²) in [6.45, 7) is 1.99. The fourth-order valence-corrected chi connectivity index (χ4v) is 2.85. The topological polar surface area (TPSA) is 64.4 Å². The Morgan fingerprint density at radius 3 is 2.67 bits per heavy atom. The van der Waals surface area contributed by atoms with E-state index in [9.17, 15) is 4.79 Å². The van der Waals surface area contributed by atoms with E-state index in [2.05, 4.69) is 10.5 Å². The van der Waals surface area contributed by atoms with Crippen LogP contribution in [0.4, 0.5) is 5.69 Å². The van der Waals surface area contributed by atoms with Crippen molar-refractivity contribution in [3.8, 4) is 11.5 Å². The van der Waals surface area contributed by atoms with E-state index in [1.54, 1.807) is 6.07 Å². The highest BCUT2D eigenvalue weighted by Gasteiger charge is 2.14. The number of benzene rings is 3. The number of amides is 1. The van der Waals surface area contributed by atoms with Gasteiger partial charge in [0.05, 0.1) is 12.1 Å². The van der Waals surface area contributed by atoms with E-state index in [0.717, 1.165) is 10.9 Å². The first-order valence-corrected chi connectivity index (χ1v) is 8.66. The molecule has 3 aromatic carbocycles. The minimum atomic E-state index is -0.184. The Kier molecular flexibility index (Phi) is 4.58. The molecular weight excluding hydrogens is 340 g/mol. The molecule has 134 valence electrons. The molecule has 0 radical (unpaired) electrons. The number of hydrogen-bond donors (Lipinski definition) is 1. The van der Waals surface area contributed by atoms with Gasteiger partial charge in [-0.25, -0.2) is 0 Å². The van der Waals surface area contributed by atoms with Crippen molar-refractivity contribution in [2.24, 2.45) is 0 Å². The quantitative estimate of drug-likeness (QED) is 0.538. The Hall–Kier alpha value is -3.60. The average Bonchev–Trinajstić information content (AvgIpc) is 3.06. The largest absolute Gasteiger partial charge is 0.455 e. The molecule has 0 fully saturated rings. The molecule has 0 saturated heterocycles. The lowest BCUT2D eigenvalue weighted by molar-refractivity contribution is -0.115. The first kappa shape index (κ1) is 16.8. The van der Waals surface area contributed by atoms with Gasteiger partial charge < -0.3 is 14.6 Å². The summed E-state index contributed by atoms with van der Waals surface area (Å²) >= 11 is 0. The van der Waals surface area contributed by atoms with Gasteiger partial charge in [0.1, 0.15) is 11.4 Å². The van der Waals surface area contributed by atoms with Crippen molar-refractivity contribution in [1.82, 2.24) is 5.16 Å². The molecule has 4 aromatic rings. The molecule has 1 aromatic heterocycles. The van der Waals surface area contributed by atoms with Crippen LogP contribution < -0.4 is 10.1 Å². The maximum atomic E-state index is 12.6. The third-order valence-corrected chi connectivity index (χ3v) is 4.16. The number of aryl methyl sites for hydroxylation is 1. The van der Waals surface area contributed by atoms with E-state index in [1.807, 2.05) is 73.7 Å². The fourth-order valence-electron chi connectivity index (χ4n) is 2.85. The molecule has 5 nitrogen and oxygen atoms in total. The fraction of sp³-hybridized carbons (Fsp3) is 0.0909. The predicted octanol–water partition coefficient (Wildman–Crippen LogP) is 5.11. The van der Waals surface area contributed by atoms with E-state index >= 15 is 0 Å². The van der Waals surface area contributed by atoms with Gasteiger partial charge in [-0.2, -0.15) is 0 Å². The van der Waals surface area contributed by atoms with Gasteiger partial charge in [-0.15, -0.1) is 0 Å². The van der Waals surface area contributed by atoms with Crippen molar-refractivity contribution < 1.29 is 14.1 Å². The van der Waals surface area contributed by atoms with Gasteiger partial charge in [-0.1, -0.05) is 47.1 Å². The summed E-state index contributed by atoms with van der Waals surface area (Å²) in [5.74, 6) is 1.10. The smallest absolute Gasteiger partial charge is 0.230 e. The van der Waals surface area contributed by atoms with E-state index in [4.69, 9.17) is 9.26 Å². The van der Waals surface area contributed by atoms with Crippen molar-refractivity contribution in [3.63, 3.8) is 0 Å². The van der Waals surface area contributed by atoms with Crippen LogP contribution in [0.3, 0.4) is 0 Å². The molecule has 1 amide bonds. The molecular formula is C22H18N2O3. The molecule has 0 atom stereocenters. The molecule has 1 heterocycles. The van der Waals surface area contributed by atoms with Crippen molar-refractivity contribution in [2.75, 3.05) is 5.32 Å². The third kappa shape index (κ3) is 3.82. The molecule has 0 unspecified atom stereocenters. The van der Waals surface area contributed by atoms with Gasteiger partial charge in [0.2, 0.25) is 5.91 Å². The van der Waals surface area contributed by atoms with Crippen molar-refractivity contribution >= 4 is 22.6 Å². The number of aromatic nitrogens is 1. The first-order chi connectivity index (χ1) is 13.2. The Bertz CT molecular complexity index is 1090. The summed E-state index contributed by atoms with van der Waals surface area (Å²) in [5, 5.41) is 7.80. The van der Waals surface area contributed by atoms with Crippen molar-refractivity contribution in [3.05, 3.63) is 84.1 Å². The highest BCUT2D eigenvalue weighted by molar-refractivity contribution is 5.95. The number of fused-ring (bicyclic) bond motifs is 1. The number of nitrogens with zero attached hydrogens (tertiary/aromatic N) is 1. The molecule has 27 heavy (non-hydrogen) atoms. The van der Waals surface area contributed by atoms with Gasteiger partial charge in [-0.3, -0.25) is 4.79 Å². The maximum Gasteiger partial charge on any atom is 0.230 e. The van der Waals surface area contributed by atoms with Crippen molar-refractivity contribution in [1.29, 1.82) is 0 Å². The molecule has 0 aliphatic rings. The van der Waals surface area contributed by atoms with Crippen LogP contribution in [-0.2, 0) is 11.2 Å². The molecule has 1 N–H and O–H groups in total. The number of rotatable bonds is 5. The van der Waals surface area contributed by atoms with Crippen LogP contribution in [0.5, 0.6) is 11.5 Å². The number of ether oxygens (including phenoxy) is 1. The summed E-state index contributed by atoms with van der Waals surface area (Å²) in [6, 6.07) is 22.6. The second kappa shape index (κ2) is 7.33. The Balaban J connectivity index is 1.52. The first-order valence-electron chi connectivity index (χ1n) is 8.66. The molecule has 5 heteroatoms. The van der Waals surface area contributed by atoms with Gasteiger partial charge in [0.15, 0.2) is 11.3 Å². The second-order valence-electron chi connectivity index (χ2n) is 6.27. The van der Waals surface area contributed by atoms with Crippen LogP contribution in [0, 0.1) is 6.92 Å². The van der Waals surface area contributed by atoms with Crippen LogP contribution in [0.2, 0.25) is 0 Å². The van der Waals surface area contributed by atoms with E-state index in [1.165, 1.54) is 0 Å². The zero-order valence-corrected chi connectivity index (χ0v) is 14.8. The lowest BCUT2D eigenvalue weighted by Crippen LogP contribution is -2.15.